The molecule has 2 aromatic heterocycles. The van der Waals surface area contributed by atoms with Crippen LogP contribution in [-0.2, 0) is 9.59 Å². The predicted octanol–water partition coefficient (Wildman–Crippen LogP) is 5.14. The molecular formula is C25H20N2O5S. The minimum absolute atomic E-state index is 0.00642. The number of thiazole rings is 1. The average Bonchev–Trinajstić information content (AvgIpc) is 3.46. The van der Waals surface area contributed by atoms with Crippen molar-refractivity contribution in [2.75, 3.05) is 12.0 Å². The van der Waals surface area contributed by atoms with Gasteiger partial charge in [0.2, 0.25) is 0 Å². The number of hydrogen-bond donors (Lipinski definition) is 1. The molecule has 1 amide bonds. The van der Waals surface area contributed by atoms with E-state index < -0.39 is 17.7 Å². The number of nitrogens with zero attached hydrogens (tertiary/aromatic N) is 2. The number of methoxy groups -OCH3 is 1. The molecule has 1 saturated heterocycles. The Morgan fingerprint density at radius 2 is 1.88 bits per heavy atom. The topological polar surface area (TPSA) is 92.9 Å². The van der Waals surface area contributed by atoms with Crippen molar-refractivity contribution in [3.05, 3.63) is 82.8 Å². The number of aromatic nitrogens is 1. The molecule has 8 heteroatoms. The van der Waals surface area contributed by atoms with Crippen molar-refractivity contribution in [3.63, 3.8) is 0 Å². The Labute approximate surface area is 193 Å². The second-order valence-corrected chi connectivity index (χ2v) is 8.75. The van der Waals surface area contributed by atoms with E-state index in [0.717, 1.165) is 4.70 Å². The van der Waals surface area contributed by atoms with Gasteiger partial charge in [0.25, 0.3) is 5.78 Å². The lowest BCUT2D eigenvalue weighted by atomic mass is 9.95. The summed E-state index contributed by atoms with van der Waals surface area (Å²) < 4.78 is 11.7. The Bertz CT molecular complexity index is 1430. The molecule has 7 nitrogen and oxygen atoms in total. The minimum Gasteiger partial charge on any atom is -0.507 e. The van der Waals surface area contributed by atoms with E-state index in [2.05, 4.69) is 4.98 Å². The van der Waals surface area contributed by atoms with Gasteiger partial charge in [0.15, 0.2) is 5.13 Å². The first kappa shape index (κ1) is 21.0. The van der Waals surface area contributed by atoms with E-state index in [0.29, 0.717) is 39.0 Å². The van der Waals surface area contributed by atoms with Crippen molar-refractivity contribution in [2.24, 2.45) is 0 Å². The summed E-state index contributed by atoms with van der Waals surface area (Å²) in [4.78, 5) is 32.5. The van der Waals surface area contributed by atoms with E-state index in [1.54, 1.807) is 39.2 Å². The number of hydrogen-bond acceptors (Lipinski definition) is 7. The quantitative estimate of drug-likeness (QED) is 0.257. The number of rotatable bonds is 4. The lowest BCUT2D eigenvalue weighted by Gasteiger charge is -2.22. The molecule has 33 heavy (non-hydrogen) atoms. The van der Waals surface area contributed by atoms with Gasteiger partial charge in [-0.15, -0.1) is 0 Å². The van der Waals surface area contributed by atoms with Crippen LogP contribution in [0.3, 0.4) is 0 Å². The number of ether oxygens (including phenoxy) is 1. The van der Waals surface area contributed by atoms with Gasteiger partial charge in [0.1, 0.15) is 23.0 Å². The predicted molar refractivity (Wildman–Crippen MR) is 126 cm³/mol. The lowest BCUT2D eigenvalue weighted by molar-refractivity contribution is -0.132. The van der Waals surface area contributed by atoms with E-state index in [-0.39, 0.29) is 11.3 Å². The number of fused-ring (bicyclic) bond motifs is 1. The summed E-state index contributed by atoms with van der Waals surface area (Å²) in [6.45, 7) is 3.46. The van der Waals surface area contributed by atoms with Crippen LogP contribution in [0.25, 0.3) is 16.0 Å². The van der Waals surface area contributed by atoms with Crippen LogP contribution in [0.5, 0.6) is 5.75 Å². The standard InChI is InChI=1S/C25H20N2O5S/c1-13-11-17(14(2)32-13)22(28)20-21(15-7-5-4-6-8-15)27(24(30)23(20)29)25-26-18-10-9-16(31-3)12-19(18)33-25/h4-12,21,28H,1-3H3/b22-20+. The molecule has 2 aromatic carbocycles. The second-order valence-electron chi connectivity index (χ2n) is 7.74. The highest BCUT2D eigenvalue weighted by molar-refractivity contribution is 7.22. The summed E-state index contributed by atoms with van der Waals surface area (Å²) in [5.41, 5.74) is 1.77. The van der Waals surface area contributed by atoms with Crippen molar-refractivity contribution in [3.8, 4) is 5.75 Å². The number of anilines is 1. The van der Waals surface area contributed by atoms with Crippen LogP contribution < -0.4 is 9.64 Å². The van der Waals surface area contributed by atoms with E-state index in [1.165, 1.54) is 16.2 Å². The first-order valence-electron chi connectivity index (χ1n) is 10.3. The maximum atomic E-state index is 13.3. The Hall–Kier alpha value is -3.91. The molecule has 1 fully saturated rings. The van der Waals surface area contributed by atoms with Gasteiger partial charge in [-0.05, 0) is 43.7 Å². The van der Waals surface area contributed by atoms with Gasteiger partial charge < -0.3 is 14.3 Å². The van der Waals surface area contributed by atoms with Gasteiger partial charge in [-0.3, -0.25) is 14.5 Å². The third-order valence-electron chi connectivity index (χ3n) is 5.65. The number of furan rings is 1. The molecule has 1 aliphatic rings. The Balaban J connectivity index is 1.73. The van der Waals surface area contributed by atoms with Crippen molar-refractivity contribution in [1.29, 1.82) is 0 Å². The summed E-state index contributed by atoms with van der Waals surface area (Å²) in [6.07, 6.45) is 0. The zero-order valence-electron chi connectivity index (χ0n) is 18.2. The normalized spacial score (nSPS) is 17.8. The number of carbonyl (C=O) groups excluding carboxylic acids is 2. The van der Waals surface area contributed by atoms with Crippen LogP contribution in [-0.4, -0.2) is 28.9 Å². The largest absolute Gasteiger partial charge is 0.507 e. The molecular weight excluding hydrogens is 440 g/mol. The summed E-state index contributed by atoms with van der Waals surface area (Å²) in [7, 11) is 1.58. The van der Waals surface area contributed by atoms with E-state index in [9.17, 15) is 14.7 Å². The number of carbonyl (C=O) groups is 2. The van der Waals surface area contributed by atoms with E-state index in [4.69, 9.17) is 9.15 Å². The highest BCUT2D eigenvalue weighted by Gasteiger charge is 2.48. The van der Waals surface area contributed by atoms with Gasteiger partial charge in [-0.25, -0.2) is 4.98 Å². The number of benzene rings is 2. The van der Waals surface area contributed by atoms with Gasteiger partial charge in [0.05, 0.1) is 34.5 Å². The SMILES string of the molecule is COc1ccc2nc(N3C(=O)C(=O)/C(=C(/O)c4cc(C)oc4C)C3c3ccccc3)sc2c1. The zero-order valence-corrected chi connectivity index (χ0v) is 19.0. The molecule has 0 spiro atoms. The highest BCUT2D eigenvalue weighted by Crippen LogP contribution is 2.45. The molecule has 1 aliphatic heterocycles. The van der Waals surface area contributed by atoms with Crippen molar-refractivity contribution >= 4 is 44.1 Å². The van der Waals surface area contributed by atoms with Crippen molar-refractivity contribution < 1.29 is 23.8 Å². The van der Waals surface area contributed by atoms with Crippen molar-refractivity contribution in [2.45, 2.75) is 19.9 Å². The summed E-state index contributed by atoms with van der Waals surface area (Å²) in [6, 6.07) is 15.4. The first-order valence-corrected chi connectivity index (χ1v) is 11.1. The van der Waals surface area contributed by atoms with Crippen LogP contribution in [0.1, 0.15) is 28.7 Å². The molecule has 0 saturated carbocycles. The number of aliphatic hydroxyl groups excluding tert-OH is 1. The molecule has 166 valence electrons. The smallest absolute Gasteiger partial charge is 0.301 e. The molecule has 1 N–H and O–H groups in total. The second kappa shape index (κ2) is 7.90. The summed E-state index contributed by atoms with van der Waals surface area (Å²) in [5, 5.41) is 11.6. The number of aliphatic hydroxyl groups is 1. The summed E-state index contributed by atoms with van der Waals surface area (Å²) >= 11 is 1.28. The maximum Gasteiger partial charge on any atom is 0.301 e. The molecule has 0 bridgehead atoms. The number of ketones is 1. The molecule has 1 unspecified atom stereocenters. The zero-order chi connectivity index (χ0) is 23.3. The molecule has 5 rings (SSSR count). The third kappa shape index (κ3) is 3.39. The number of Topliss-reactive ketones (excluding diaryl/α,β-unsaturated/α-hetero) is 1. The molecule has 0 radical (unpaired) electrons. The van der Waals surface area contributed by atoms with Crippen molar-refractivity contribution in [1.82, 2.24) is 4.98 Å². The van der Waals surface area contributed by atoms with E-state index >= 15 is 0 Å². The van der Waals surface area contributed by atoms with Gasteiger partial charge in [0, 0.05) is 0 Å². The Morgan fingerprint density at radius 3 is 2.55 bits per heavy atom. The molecule has 1 atom stereocenters. The fraction of sp³-hybridized carbons (Fsp3) is 0.160. The monoisotopic (exact) mass is 460 g/mol. The number of aryl methyl sites for hydroxylation is 2. The van der Waals surface area contributed by atoms with Crippen LogP contribution in [0, 0.1) is 13.8 Å². The first-order chi connectivity index (χ1) is 15.9. The highest BCUT2D eigenvalue weighted by atomic mass is 32.1. The van der Waals surface area contributed by atoms with Crippen LogP contribution >= 0.6 is 11.3 Å². The van der Waals surface area contributed by atoms with Gasteiger partial charge >= 0.3 is 5.91 Å². The van der Waals surface area contributed by atoms with Crippen LogP contribution in [0.4, 0.5) is 5.13 Å². The van der Waals surface area contributed by atoms with E-state index in [1.807, 2.05) is 36.4 Å². The molecule has 4 aromatic rings. The van der Waals surface area contributed by atoms with Crippen LogP contribution in [0.2, 0.25) is 0 Å². The lowest BCUT2D eigenvalue weighted by Crippen LogP contribution is -2.29. The minimum atomic E-state index is -0.830. The third-order valence-corrected chi connectivity index (χ3v) is 6.66. The van der Waals surface area contributed by atoms with Crippen LogP contribution in [0.15, 0.2) is 64.6 Å². The molecule has 3 heterocycles. The summed E-state index contributed by atoms with van der Waals surface area (Å²) in [5.74, 6) is -0.0347. The number of amides is 1. The average molecular weight is 461 g/mol. The fourth-order valence-electron chi connectivity index (χ4n) is 4.11. The fourth-order valence-corrected chi connectivity index (χ4v) is 5.14. The Morgan fingerprint density at radius 1 is 1.12 bits per heavy atom. The maximum absolute atomic E-state index is 13.3. The van der Waals surface area contributed by atoms with Gasteiger partial charge in [-0.1, -0.05) is 41.7 Å². The molecule has 0 aliphatic carbocycles. The Kier molecular flexibility index (Phi) is 5.02. The van der Waals surface area contributed by atoms with Gasteiger partial charge in [-0.2, -0.15) is 0 Å².